The number of nitrogens with zero attached hydrogens (tertiary/aromatic N) is 1. The largest absolute Gasteiger partial charge is 0.462 e. The summed E-state index contributed by atoms with van der Waals surface area (Å²) >= 11 is 0. The lowest BCUT2D eigenvalue weighted by Crippen LogP contribution is -2.07. The molecule has 1 aromatic rings. The number of esters is 1. The summed E-state index contributed by atoms with van der Waals surface area (Å²) in [4.78, 5) is 15.2. The molecule has 0 saturated heterocycles. The van der Waals surface area contributed by atoms with Crippen molar-refractivity contribution in [3.8, 4) is 0 Å². The molecular formula is C10H11NO2. The van der Waals surface area contributed by atoms with Crippen molar-refractivity contribution in [1.82, 2.24) is 4.98 Å². The molecule has 1 aromatic heterocycles. The lowest BCUT2D eigenvalue weighted by molar-refractivity contribution is 0.0485. The van der Waals surface area contributed by atoms with E-state index in [1.165, 1.54) is 19.0 Å². The Hall–Kier alpha value is -1.38. The third-order valence-corrected chi connectivity index (χ3v) is 2.04. The SMILES string of the molecule is O=C(OCC1CC1)c1cccnc1. The van der Waals surface area contributed by atoms with Crippen molar-refractivity contribution in [3.63, 3.8) is 0 Å². The van der Waals surface area contributed by atoms with E-state index in [2.05, 4.69) is 4.98 Å². The molecular weight excluding hydrogens is 166 g/mol. The summed E-state index contributed by atoms with van der Waals surface area (Å²) in [6, 6.07) is 3.44. The van der Waals surface area contributed by atoms with Gasteiger partial charge in [0.25, 0.3) is 0 Å². The van der Waals surface area contributed by atoms with E-state index in [0.29, 0.717) is 18.1 Å². The second-order valence-corrected chi connectivity index (χ2v) is 3.28. The molecule has 0 amide bonds. The predicted octanol–water partition coefficient (Wildman–Crippen LogP) is 1.65. The minimum atomic E-state index is -0.264. The average molecular weight is 177 g/mol. The van der Waals surface area contributed by atoms with Gasteiger partial charge in [0, 0.05) is 12.4 Å². The van der Waals surface area contributed by atoms with Crippen LogP contribution in [0, 0.1) is 5.92 Å². The molecule has 3 heteroatoms. The third kappa shape index (κ3) is 2.28. The highest BCUT2D eigenvalue weighted by Crippen LogP contribution is 2.28. The molecule has 0 N–H and O–H groups in total. The molecule has 0 unspecified atom stereocenters. The molecule has 0 aliphatic heterocycles. The van der Waals surface area contributed by atoms with Crippen LogP contribution in [0.3, 0.4) is 0 Å². The van der Waals surface area contributed by atoms with Gasteiger partial charge in [0.2, 0.25) is 0 Å². The van der Waals surface area contributed by atoms with Gasteiger partial charge < -0.3 is 4.74 Å². The van der Waals surface area contributed by atoms with E-state index in [1.807, 2.05) is 0 Å². The second kappa shape index (κ2) is 3.56. The van der Waals surface area contributed by atoms with Crippen LogP contribution in [0.25, 0.3) is 0 Å². The molecule has 0 radical (unpaired) electrons. The number of rotatable bonds is 3. The lowest BCUT2D eigenvalue weighted by atomic mass is 10.3. The number of pyridine rings is 1. The van der Waals surface area contributed by atoms with Crippen LogP contribution < -0.4 is 0 Å². The topological polar surface area (TPSA) is 39.2 Å². The van der Waals surface area contributed by atoms with Gasteiger partial charge in [-0.15, -0.1) is 0 Å². The predicted molar refractivity (Wildman–Crippen MR) is 47.2 cm³/mol. The first-order valence-electron chi connectivity index (χ1n) is 4.43. The molecule has 1 saturated carbocycles. The maximum atomic E-state index is 11.3. The van der Waals surface area contributed by atoms with Gasteiger partial charge >= 0.3 is 5.97 Å². The zero-order chi connectivity index (χ0) is 9.10. The molecule has 1 fully saturated rings. The van der Waals surface area contributed by atoms with Crippen LogP contribution in [0.4, 0.5) is 0 Å². The first kappa shape index (κ1) is 8.23. The summed E-state index contributed by atoms with van der Waals surface area (Å²) in [5.74, 6) is 0.348. The standard InChI is InChI=1S/C10H11NO2/c12-10(13-7-8-3-4-8)9-2-1-5-11-6-9/h1-2,5-6,8H,3-4,7H2. The van der Waals surface area contributed by atoms with Crippen molar-refractivity contribution in [2.75, 3.05) is 6.61 Å². The molecule has 0 spiro atoms. The normalized spacial score (nSPS) is 15.4. The number of carbonyl (C=O) groups excluding carboxylic acids is 1. The van der Waals surface area contributed by atoms with Crippen LogP contribution in [0.15, 0.2) is 24.5 Å². The zero-order valence-corrected chi connectivity index (χ0v) is 7.27. The Morgan fingerprint density at radius 1 is 1.62 bits per heavy atom. The maximum Gasteiger partial charge on any atom is 0.339 e. The Balaban J connectivity index is 1.89. The third-order valence-electron chi connectivity index (χ3n) is 2.04. The van der Waals surface area contributed by atoms with Crippen molar-refractivity contribution < 1.29 is 9.53 Å². The van der Waals surface area contributed by atoms with Gasteiger partial charge in [-0.2, -0.15) is 0 Å². The summed E-state index contributed by atoms with van der Waals surface area (Å²) in [6.07, 6.45) is 5.55. The van der Waals surface area contributed by atoms with Crippen LogP contribution in [-0.2, 0) is 4.74 Å². The highest BCUT2D eigenvalue weighted by Gasteiger charge is 2.23. The zero-order valence-electron chi connectivity index (χ0n) is 7.27. The van der Waals surface area contributed by atoms with Gasteiger partial charge in [0.15, 0.2) is 0 Å². The quantitative estimate of drug-likeness (QED) is 0.659. The number of carbonyl (C=O) groups is 1. The second-order valence-electron chi connectivity index (χ2n) is 3.28. The van der Waals surface area contributed by atoms with E-state index >= 15 is 0 Å². The van der Waals surface area contributed by atoms with Crippen molar-refractivity contribution in [3.05, 3.63) is 30.1 Å². The summed E-state index contributed by atoms with van der Waals surface area (Å²) < 4.78 is 5.07. The monoisotopic (exact) mass is 177 g/mol. The first-order chi connectivity index (χ1) is 6.36. The van der Waals surface area contributed by atoms with Gasteiger partial charge in [0.05, 0.1) is 12.2 Å². The van der Waals surface area contributed by atoms with Crippen molar-refractivity contribution in [2.24, 2.45) is 5.92 Å². The van der Waals surface area contributed by atoms with Gasteiger partial charge in [-0.1, -0.05) is 0 Å². The molecule has 0 atom stereocenters. The Kier molecular flexibility index (Phi) is 2.25. The summed E-state index contributed by atoms with van der Waals surface area (Å²) in [5, 5.41) is 0. The molecule has 0 bridgehead atoms. The maximum absolute atomic E-state index is 11.3. The summed E-state index contributed by atoms with van der Waals surface area (Å²) in [5.41, 5.74) is 0.531. The molecule has 1 heterocycles. The van der Waals surface area contributed by atoms with E-state index in [-0.39, 0.29) is 5.97 Å². The van der Waals surface area contributed by atoms with E-state index in [1.54, 1.807) is 18.3 Å². The minimum absolute atomic E-state index is 0.264. The van der Waals surface area contributed by atoms with Crippen LogP contribution in [0.5, 0.6) is 0 Å². The first-order valence-corrected chi connectivity index (χ1v) is 4.43. The van der Waals surface area contributed by atoms with Crippen molar-refractivity contribution >= 4 is 5.97 Å². The molecule has 3 nitrogen and oxygen atoms in total. The Morgan fingerprint density at radius 3 is 3.08 bits per heavy atom. The van der Waals surface area contributed by atoms with Gasteiger partial charge in [-0.3, -0.25) is 4.98 Å². The molecule has 13 heavy (non-hydrogen) atoms. The molecule has 0 aromatic carbocycles. The Labute approximate surface area is 76.7 Å². The summed E-state index contributed by atoms with van der Waals surface area (Å²) in [7, 11) is 0. The fourth-order valence-corrected chi connectivity index (χ4v) is 1.04. The van der Waals surface area contributed by atoms with E-state index in [4.69, 9.17) is 4.74 Å². The minimum Gasteiger partial charge on any atom is -0.462 e. The number of ether oxygens (including phenoxy) is 1. The number of hydrogen-bond acceptors (Lipinski definition) is 3. The van der Waals surface area contributed by atoms with Gasteiger partial charge in [0.1, 0.15) is 0 Å². The molecule has 1 aliphatic carbocycles. The fourth-order valence-electron chi connectivity index (χ4n) is 1.04. The van der Waals surface area contributed by atoms with Gasteiger partial charge in [-0.25, -0.2) is 4.79 Å². The average Bonchev–Trinajstić information content (AvgIpc) is 2.99. The number of hydrogen-bond donors (Lipinski definition) is 0. The lowest BCUT2D eigenvalue weighted by Gasteiger charge is -2.01. The fraction of sp³-hybridized carbons (Fsp3) is 0.400. The Bertz CT molecular complexity index is 293. The molecule has 2 rings (SSSR count). The smallest absolute Gasteiger partial charge is 0.339 e. The molecule has 1 aliphatic rings. The van der Waals surface area contributed by atoms with E-state index in [9.17, 15) is 4.79 Å². The van der Waals surface area contributed by atoms with E-state index < -0.39 is 0 Å². The van der Waals surface area contributed by atoms with Crippen molar-refractivity contribution in [1.29, 1.82) is 0 Å². The highest BCUT2D eigenvalue weighted by atomic mass is 16.5. The van der Waals surface area contributed by atoms with E-state index in [0.717, 1.165) is 0 Å². The van der Waals surface area contributed by atoms with Crippen LogP contribution in [-0.4, -0.2) is 17.6 Å². The van der Waals surface area contributed by atoms with Crippen LogP contribution in [0.1, 0.15) is 23.2 Å². The Morgan fingerprint density at radius 2 is 2.46 bits per heavy atom. The highest BCUT2D eigenvalue weighted by molar-refractivity contribution is 5.88. The molecule has 68 valence electrons. The van der Waals surface area contributed by atoms with Crippen molar-refractivity contribution in [2.45, 2.75) is 12.8 Å². The van der Waals surface area contributed by atoms with Gasteiger partial charge in [-0.05, 0) is 30.9 Å². The van der Waals surface area contributed by atoms with Crippen LogP contribution in [0.2, 0.25) is 0 Å². The number of aromatic nitrogens is 1. The van der Waals surface area contributed by atoms with Crippen LogP contribution >= 0.6 is 0 Å². The summed E-state index contributed by atoms with van der Waals surface area (Å²) in [6.45, 7) is 0.563.